The standard InChI is InChI=1S/C16H19ClN2O3/c1-10(2)16(4,9-18)19-14(20)11(3)22-15(21)12-7-5-6-8-13(12)17/h5-8,10-11H,1-4H3,(H,19,20). The number of rotatable bonds is 5. The monoisotopic (exact) mass is 322 g/mol. The van der Waals surface area contributed by atoms with E-state index in [2.05, 4.69) is 11.4 Å². The minimum absolute atomic E-state index is 0.0899. The van der Waals surface area contributed by atoms with Gasteiger partial charge in [0.25, 0.3) is 5.91 Å². The summed E-state index contributed by atoms with van der Waals surface area (Å²) in [7, 11) is 0. The number of halogens is 1. The molecule has 0 aliphatic heterocycles. The van der Waals surface area contributed by atoms with E-state index in [1.807, 2.05) is 13.8 Å². The topological polar surface area (TPSA) is 79.2 Å². The molecular formula is C16H19ClN2O3. The van der Waals surface area contributed by atoms with Crippen molar-refractivity contribution in [2.24, 2.45) is 5.92 Å². The van der Waals surface area contributed by atoms with Gasteiger partial charge in [-0.3, -0.25) is 4.79 Å². The fourth-order valence-electron chi connectivity index (χ4n) is 1.56. The molecule has 0 fully saturated rings. The third kappa shape index (κ3) is 4.22. The molecule has 6 heteroatoms. The van der Waals surface area contributed by atoms with Crippen LogP contribution in [0.15, 0.2) is 24.3 Å². The van der Waals surface area contributed by atoms with Crippen LogP contribution in [0.1, 0.15) is 38.1 Å². The number of nitrogens with zero attached hydrogens (tertiary/aromatic N) is 1. The number of amides is 1. The molecule has 0 spiro atoms. The number of nitrogens with one attached hydrogen (secondary N) is 1. The van der Waals surface area contributed by atoms with Crippen molar-refractivity contribution in [2.45, 2.75) is 39.3 Å². The summed E-state index contributed by atoms with van der Waals surface area (Å²) in [6.45, 7) is 6.72. The lowest BCUT2D eigenvalue weighted by Gasteiger charge is -2.28. The number of hydrogen-bond donors (Lipinski definition) is 1. The number of ether oxygens (including phenoxy) is 1. The SMILES string of the molecule is CC(OC(=O)c1ccccc1Cl)C(=O)NC(C)(C#N)C(C)C. The first kappa shape index (κ1) is 18.0. The lowest BCUT2D eigenvalue weighted by molar-refractivity contribution is -0.130. The van der Waals surface area contributed by atoms with Gasteiger partial charge in [0, 0.05) is 0 Å². The molecule has 5 nitrogen and oxygen atoms in total. The van der Waals surface area contributed by atoms with Gasteiger partial charge in [-0.2, -0.15) is 5.26 Å². The molecule has 1 amide bonds. The highest BCUT2D eigenvalue weighted by Crippen LogP contribution is 2.18. The van der Waals surface area contributed by atoms with Crippen LogP contribution in [0.25, 0.3) is 0 Å². The second-order valence-electron chi connectivity index (χ2n) is 5.49. The van der Waals surface area contributed by atoms with Crippen LogP contribution < -0.4 is 5.32 Å². The van der Waals surface area contributed by atoms with Gasteiger partial charge in [-0.05, 0) is 31.9 Å². The summed E-state index contributed by atoms with van der Waals surface area (Å²) in [5, 5.41) is 12.1. The molecule has 0 bridgehead atoms. The molecule has 22 heavy (non-hydrogen) atoms. The zero-order valence-corrected chi connectivity index (χ0v) is 13.8. The normalized spacial score (nSPS) is 14.6. The molecule has 1 aromatic rings. The first-order chi connectivity index (χ1) is 10.2. The smallest absolute Gasteiger partial charge is 0.340 e. The van der Waals surface area contributed by atoms with E-state index in [1.165, 1.54) is 13.0 Å². The fraction of sp³-hybridized carbons (Fsp3) is 0.438. The Hall–Kier alpha value is -2.06. The van der Waals surface area contributed by atoms with E-state index in [0.29, 0.717) is 0 Å². The first-order valence-corrected chi connectivity index (χ1v) is 7.28. The average molecular weight is 323 g/mol. The Labute approximate surface area is 135 Å². The first-order valence-electron chi connectivity index (χ1n) is 6.90. The molecule has 0 radical (unpaired) electrons. The average Bonchev–Trinajstić information content (AvgIpc) is 2.46. The molecule has 1 N–H and O–H groups in total. The highest BCUT2D eigenvalue weighted by molar-refractivity contribution is 6.33. The number of carbonyl (C=O) groups is 2. The molecule has 2 unspecified atom stereocenters. The quantitative estimate of drug-likeness (QED) is 0.845. The minimum atomic E-state index is -1.03. The number of carbonyl (C=O) groups excluding carboxylic acids is 2. The Kier molecular flexibility index (Phi) is 5.95. The van der Waals surface area contributed by atoms with E-state index < -0.39 is 23.5 Å². The highest BCUT2D eigenvalue weighted by atomic mass is 35.5. The van der Waals surface area contributed by atoms with Gasteiger partial charge in [0.15, 0.2) is 6.10 Å². The summed E-state index contributed by atoms with van der Waals surface area (Å²) in [4.78, 5) is 24.1. The van der Waals surface area contributed by atoms with E-state index in [1.54, 1.807) is 25.1 Å². The Bertz CT molecular complexity index is 610. The summed E-state index contributed by atoms with van der Waals surface area (Å²) >= 11 is 5.91. The van der Waals surface area contributed by atoms with Crippen LogP contribution in [-0.2, 0) is 9.53 Å². The van der Waals surface area contributed by atoms with Crippen LogP contribution in [0.5, 0.6) is 0 Å². The molecule has 1 aromatic carbocycles. The highest BCUT2D eigenvalue weighted by Gasteiger charge is 2.32. The van der Waals surface area contributed by atoms with Gasteiger partial charge in [0.2, 0.25) is 0 Å². The lowest BCUT2D eigenvalue weighted by atomic mass is 9.90. The fourth-order valence-corrected chi connectivity index (χ4v) is 1.78. The van der Waals surface area contributed by atoms with Crippen LogP contribution >= 0.6 is 11.6 Å². The molecule has 118 valence electrons. The van der Waals surface area contributed by atoms with Crippen molar-refractivity contribution in [3.8, 4) is 6.07 Å². The maximum atomic E-state index is 12.1. The maximum absolute atomic E-state index is 12.1. The van der Waals surface area contributed by atoms with Gasteiger partial charge >= 0.3 is 5.97 Å². The number of esters is 1. The summed E-state index contributed by atoms with van der Waals surface area (Å²) in [5.74, 6) is -1.30. The van der Waals surface area contributed by atoms with Crippen LogP contribution in [0.4, 0.5) is 0 Å². The number of nitriles is 1. The Morgan fingerprint density at radius 2 is 1.91 bits per heavy atom. The number of hydrogen-bond acceptors (Lipinski definition) is 4. The van der Waals surface area contributed by atoms with Crippen molar-refractivity contribution in [3.63, 3.8) is 0 Å². The van der Waals surface area contributed by atoms with Crippen LogP contribution in [-0.4, -0.2) is 23.5 Å². The van der Waals surface area contributed by atoms with Crippen molar-refractivity contribution in [1.82, 2.24) is 5.32 Å². The molecule has 0 heterocycles. The van der Waals surface area contributed by atoms with Crippen molar-refractivity contribution >= 4 is 23.5 Å². The molecule has 0 aromatic heterocycles. The third-order valence-corrected chi connectivity index (χ3v) is 3.85. The van der Waals surface area contributed by atoms with Crippen molar-refractivity contribution < 1.29 is 14.3 Å². The summed E-state index contributed by atoms with van der Waals surface area (Å²) < 4.78 is 5.10. The van der Waals surface area contributed by atoms with E-state index in [4.69, 9.17) is 16.3 Å². The predicted molar refractivity (Wildman–Crippen MR) is 83.3 cm³/mol. The van der Waals surface area contributed by atoms with Crippen LogP contribution in [0.2, 0.25) is 5.02 Å². The zero-order chi connectivity index (χ0) is 16.9. The molecule has 2 atom stereocenters. The van der Waals surface area contributed by atoms with Gasteiger partial charge in [-0.25, -0.2) is 4.79 Å². The van der Waals surface area contributed by atoms with E-state index >= 15 is 0 Å². The van der Waals surface area contributed by atoms with E-state index in [0.717, 1.165) is 0 Å². The largest absolute Gasteiger partial charge is 0.449 e. The lowest BCUT2D eigenvalue weighted by Crippen LogP contribution is -2.52. The van der Waals surface area contributed by atoms with Crippen LogP contribution in [0, 0.1) is 17.2 Å². The molecule has 0 aliphatic carbocycles. The van der Waals surface area contributed by atoms with Gasteiger partial charge in [0.1, 0.15) is 5.54 Å². The Morgan fingerprint density at radius 1 is 1.32 bits per heavy atom. The summed E-state index contributed by atoms with van der Waals surface area (Å²) in [6.07, 6.45) is -1.03. The van der Waals surface area contributed by atoms with Crippen molar-refractivity contribution in [3.05, 3.63) is 34.9 Å². The molecule has 0 saturated heterocycles. The second-order valence-corrected chi connectivity index (χ2v) is 5.89. The van der Waals surface area contributed by atoms with E-state index in [9.17, 15) is 14.9 Å². The maximum Gasteiger partial charge on any atom is 0.340 e. The predicted octanol–water partition coefficient (Wildman–Crippen LogP) is 2.94. The van der Waals surface area contributed by atoms with Gasteiger partial charge < -0.3 is 10.1 Å². The Balaban J connectivity index is 2.75. The molecule has 0 aliphatic rings. The van der Waals surface area contributed by atoms with Gasteiger partial charge in [-0.15, -0.1) is 0 Å². The third-order valence-electron chi connectivity index (χ3n) is 3.52. The minimum Gasteiger partial charge on any atom is -0.449 e. The number of benzene rings is 1. The molecule has 0 saturated carbocycles. The van der Waals surface area contributed by atoms with E-state index in [-0.39, 0.29) is 16.5 Å². The zero-order valence-electron chi connectivity index (χ0n) is 13.0. The van der Waals surface area contributed by atoms with Gasteiger partial charge in [-0.1, -0.05) is 37.6 Å². The summed E-state index contributed by atoms with van der Waals surface area (Å²) in [6, 6.07) is 8.49. The van der Waals surface area contributed by atoms with Crippen molar-refractivity contribution in [2.75, 3.05) is 0 Å². The summed E-state index contributed by atoms with van der Waals surface area (Å²) in [5.41, 5.74) is -0.835. The molecular weight excluding hydrogens is 304 g/mol. The molecule has 1 rings (SSSR count). The Morgan fingerprint density at radius 3 is 2.41 bits per heavy atom. The second kappa shape index (κ2) is 7.28. The van der Waals surface area contributed by atoms with Crippen LogP contribution in [0.3, 0.4) is 0 Å². The van der Waals surface area contributed by atoms with Crippen molar-refractivity contribution in [1.29, 1.82) is 5.26 Å². The van der Waals surface area contributed by atoms with Gasteiger partial charge in [0.05, 0.1) is 16.7 Å².